The third-order valence-electron chi connectivity index (χ3n) is 10.4. The molecule has 0 atom stereocenters. The van der Waals surface area contributed by atoms with Crippen LogP contribution in [0.5, 0.6) is 0 Å². The molecule has 45 heavy (non-hydrogen) atoms. The van der Waals surface area contributed by atoms with Crippen LogP contribution in [0, 0.1) is 0 Å². The van der Waals surface area contributed by atoms with Gasteiger partial charge in [-0.1, -0.05) is 73.8 Å². The van der Waals surface area contributed by atoms with Crippen molar-refractivity contribution < 1.29 is 16.8 Å². The number of hydrogen-bond acceptors (Lipinski definition) is 1. The molecule has 7 rings (SSSR count). The Morgan fingerprint density at radius 3 is 1.29 bits per heavy atom. The van der Waals surface area contributed by atoms with Crippen molar-refractivity contribution in [3.05, 3.63) is 145 Å². The molecule has 1 saturated carbocycles. The summed E-state index contributed by atoms with van der Waals surface area (Å²) in [6.07, 6.45) is 15.9. The van der Waals surface area contributed by atoms with E-state index in [0.717, 1.165) is 32.5 Å². The number of rotatable bonds is 6. The summed E-state index contributed by atoms with van der Waals surface area (Å²) >= 11 is -2.06. The number of fused-ring (bicyclic) bond motifs is 3. The Bertz CT molecular complexity index is 1440. The van der Waals surface area contributed by atoms with Gasteiger partial charge in [0.1, 0.15) is 0 Å². The molecule has 0 spiro atoms. The van der Waals surface area contributed by atoms with Gasteiger partial charge in [0.25, 0.3) is 0 Å². The van der Waals surface area contributed by atoms with Gasteiger partial charge in [-0.05, 0) is 22.3 Å². The van der Waals surface area contributed by atoms with E-state index in [2.05, 4.69) is 89.8 Å². The van der Waals surface area contributed by atoms with Crippen molar-refractivity contribution in [1.82, 2.24) is 3.80 Å². The molecule has 2 aliphatic carbocycles. The minimum absolute atomic E-state index is 0.726. The first-order chi connectivity index (χ1) is 22.2. The van der Waals surface area contributed by atoms with Gasteiger partial charge in [-0.3, -0.25) is 0 Å². The predicted molar refractivity (Wildman–Crippen MR) is 192 cm³/mol. The fourth-order valence-corrected chi connectivity index (χ4v) is 15.9. The summed E-state index contributed by atoms with van der Waals surface area (Å²) in [5.41, 5.74) is 10.5. The maximum atomic E-state index is 4.47. The van der Waals surface area contributed by atoms with Gasteiger partial charge in [-0.15, -0.1) is 0 Å². The SMILES string of the molecule is C=C(C(=C)c1ccccc1)c1ccccc1.c1ccc2c(c1)-c1ccccc1[CH]2[Ti]1([NH]C2CCCCCCCCCCC2)[CH2][CH2]1. The van der Waals surface area contributed by atoms with Gasteiger partial charge in [-0.25, -0.2) is 0 Å². The van der Waals surface area contributed by atoms with E-state index in [0.29, 0.717) is 0 Å². The van der Waals surface area contributed by atoms with Gasteiger partial charge in [0.2, 0.25) is 0 Å². The van der Waals surface area contributed by atoms with Crippen molar-refractivity contribution >= 4 is 11.1 Å². The Labute approximate surface area is 276 Å². The van der Waals surface area contributed by atoms with Crippen molar-refractivity contribution in [2.75, 3.05) is 0 Å². The molecule has 0 amide bonds. The summed E-state index contributed by atoms with van der Waals surface area (Å²) in [6.45, 7) is 8.20. The number of allylic oxidation sites excluding steroid dienone is 2. The summed E-state index contributed by atoms with van der Waals surface area (Å²) < 4.78 is 8.23. The first kappa shape index (κ1) is 32.0. The van der Waals surface area contributed by atoms with Gasteiger partial charge in [-0.2, -0.15) is 0 Å². The van der Waals surface area contributed by atoms with Gasteiger partial charge < -0.3 is 0 Å². The quantitative estimate of drug-likeness (QED) is 0.165. The molecule has 0 bridgehead atoms. The van der Waals surface area contributed by atoms with Crippen LogP contribution in [0.2, 0.25) is 9.45 Å². The van der Waals surface area contributed by atoms with Crippen LogP contribution in [0.15, 0.2) is 122 Å². The van der Waals surface area contributed by atoms with Crippen molar-refractivity contribution in [1.29, 1.82) is 0 Å². The number of nitrogens with one attached hydrogen (secondary N) is 1. The fourth-order valence-electron chi connectivity index (χ4n) is 7.74. The van der Waals surface area contributed by atoms with E-state index >= 15 is 0 Å². The van der Waals surface area contributed by atoms with Crippen molar-refractivity contribution in [3.63, 3.8) is 0 Å². The molecule has 2 fully saturated rings. The molecule has 1 nitrogen and oxygen atoms in total. The van der Waals surface area contributed by atoms with Crippen molar-refractivity contribution in [2.24, 2.45) is 0 Å². The molecule has 0 unspecified atom stereocenters. The Morgan fingerprint density at radius 2 is 0.867 bits per heavy atom. The van der Waals surface area contributed by atoms with Crippen LogP contribution in [0.4, 0.5) is 0 Å². The molecular formula is C43H51NTi. The molecule has 4 aromatic carbocycles. The van der Waals surface area contributed by atoms with Crippen LogP contribution >= 0.6 is 0 Å². The average molecular weight is 630 g/mol. The maximum absolute atomic E-state index is 4.47. The molecule has 3 aliphatic rings. The van der Waals surface area contributed by atoms with Crippen LogP contribution in [0.25, 0.3) is 22.3 Å². The molecule has 1 N–H and O–H groups in total. The predicted octanol–water partition coefficient (Wildman–Crippen LogP) is 12.4. The van der Waals surface area contributed by atoms with Gasteiger partial charge in [0.05, 0.1) is 0 Å². The van der Waals surface area contributed by atoms with Crippen LogP contribution < -0.4 is 3.80 Å². The minimum atomic E-state index is -2.06. The van der Waals surface area contributed by atoms with E-state index in [4.69, 9.17) is 0 Å². The van der Waals surface area contributed by atoms with E-state index in [1.165, 1.54) is 91.2 Å². The summed E-state index contributed by atoms with van der Waals surface area (Å²) in [7, 11) is 0. The van der Waals surface area contributed by atoms with Crippen molar-refractivity contribution in [3.8, 4) is 11.1 Å². The fraction of sp³-hybridized carbons (Fsp3) is 0.349. The first-order valence-corrected chi connectivity index (χ1v) is 21.5. The summed E-state index contributed by atoms with van der Waals surface area (Å²) in [5, 5.41) is 0. The second kappa shape index (κ2) is 15.5. The Kier molecular flexibility index (Phi) is 11.1. The van der Waals surface area contributed by atoms with Crippen molar-refractivity contribution in [2.45, 2.75) is 90.3 Å². The number of benzene rings is 4. The molecule has 232 valence electrons. The molecule has 1 heterocycles. The standard InChI is InChI=1S/C16H14.C13H9.C12H24N.C2H4.Ti/c1-13(15-9-5-3-6-10-15)14(2)16-11-7-4-8-12-16;1-3-7-12-10(5-1)9-11-6-2-4-8-13(11)12;13-12-10-8-6-4-2-1-3-5-7-9-11-12;1-2;/h3-12H,1-2H2;1-9H;12-13H,1-11H2;1-2H2;/q;;-1;;+1. The molecule has 0 aromatic heterocycles. The van der Waals surface area contributed by atoms with Gasteiger partial charge in [0.15, 0.2) is 0 Å². The molecule has 2 heteroatoms. The normalized spacial score (nSPS) is 18.2. The molecule has 1 aliphatic heterocycles. The average Bonchev–Trinajstić information content (AvgIpc) is 3.78. The van der Waals surface area contributed by atoms with Gasteiger partial charge in [0, 0.05) is 0 Å². The van der Waals surface area contributed by atoms with E-state index < -0.39 is 16.8 Å². The molecule has 1 saturated heterocycles. The zero-order valence-electron chi connectivity index (χ0n) is 27.2. The monoisotopic (exact) mass is 629 g/mol. The third-order valence-corrected chi connectivity index (χ3v) is 17.1. The van der Waals surface area contributed by atoms with E-state index in [-0.39, 0.29) is 0 Å². The van der Waals surface area contributed by atoms with Crippen LogP contribution in [0.3, 0.4) is 0 Å². The second-order valence-corrected chi connectivity index (χ2v) is 20.1. The summed E-state index contributed by atoms with van der Waals surface area (Å²) in [6, 6.07) is 39.6. The number of hydrogen-bond donors (Lipinski definition) is 1. The first-order valence-electron chi connectivity index (χ1n) is 17.6. The Morgan fingerprint density at radius 1 is 0.489 bits per heavy atom. The second-order valence-electron chi connectivity index (χ2n) is 13.6. The molecule has 0 radical (unpaired) electrons. The van der Waals surface area contributed by atoms with E-state index in [9.17, 15) is 0 Å². The summed E-state index contributed by atoms with van der Waals surface area (Å²) in [5.74, 6) is 0. The molecule has 4 aromatic rings. The third kappa shape index (κ3) is 7.89. The summed E-state index contributed by atoms with van der Waals surface area (Å²) in [4.78, 5) is 0. The molecular weight excluding hydrogens is 578 g/mol. The van der Waals surface area contributed by atoms with E-state index in [1.807, 2.05) is 36.4 Å². The van der Waals surface area contributed by atoms with Crippen LogP contribution in [-0.2, 0) is 16.8 Å². The van der Waals surface area contributed by atoms with Crippen LogP contribution in [-0.4, -0.2) is 6.04 Å². The Hall–Kier alpha value is -2.97. The Balaban J connectivity index is 0.000000189. The topological polar surface area (TPSA) is 12.0 Å². The zero-order chi connectivity index (χ0) is 30.9. The van der Waals surface area contributed by atoms with Gasteiger partial charge >= 0.3 is 182 Å². The van der Waals surface area contributed by atoms with E-state index in [1.54, 1.807) is 11.1 Å². The van der Waals surface area contributed by atoms with Crippen LogP contribution in [0.1, 0.15) is 97.1 Å². The zero-order valence-corrected chi connectivity index (χ0v) is 28.7.